The summed E-state index contributed by atoms with van der Waals surface area (Å²) < 4.78 is 15.3. The maximum absolute atomic E-state index is 13.2. The van der Waals surface area contributed by atoms with Gasteiger partial charge in [0.2, 0.25) is 0 Å². The number of hydrogen-bond donors (Lipinski definition) is 0. The van der Waals surface area contributed by atoms with Gasteiger partial charge in [0, 0.05) is 10.0 Å². The van der Waals surface area contributed by atoms with E-state index < -0.39 is 0 Å². The van der Waals surface area contributed by atoms with Gasteiger partial charge in [-0.2, -0.15) is 0 Å². The molecular weight excluding hydrogens is 414 g/mol. The molecular formula is C11H5Br2Cl2FS. The fourth-order valence-corrected chi connectivity index (χ4v) is 4.74. The smallest absolute Gasteiger partial charge is 0.123 e. The third-order valence-electron chi connectivity index (χ3n) is 2.19. The Morgan fingerprint density at radius 2 is 1.88 bits per heavy atom. The SMILES string of the molecule is Fc1ccc(Br)c(C(Br)c2cc(Cl)sc2Cl)c1. The van der Waals surface area contributed by atoms with Gasteiger partial charge in [-0.1, -0.05) is 55.1 Å². The van der Waals surface area contributed by atoms with Crippen LogP contribution in [0.2, 0.25) is 8.67 Å². The molecule has 1 aromatic carbocycles. The molecule has 0 aliphatic carbocycles. The zero-order valence-corrected chi connectivity index (χ0v) is 13.7. The number of hydrogen-bond acceptors (Lipinski definition) is 1. The van der Waals surface area contributed by atoms with E-state index in [4.69, 9.17) is 23.2 Å². The Bertz CT molecular complexity index is 556. The minimum atomic E-state index is -0.287. The van der Waals surface area contributed by atoms with Gasteiger partial charge in [0.15, 0.2) is 0 Å². The van der Waals surface area contributed by atoms with Crippen LogP contribution in [0.25, 0.3) is 0 Å². The Kier molecular flexibility index (Phi) is 4.53. The zero-order valence-electron chi connectivity index (χ0n) is 8.18. The van der Waals surface area contributed by atoms with E-state index in [1.165, 1.54) is 23.5 Å². The molecule has 6 heteroatoms. The third-order valence-corrected chi connectivity index (χ3v) is 5.41. The molecule has 1 unspecified atom stereocenters. The Labute approximate surface area is 129 Å². The molecule has 0 spiro atoms. The molecule has 0 saturated heterocycles. The second-order valence-corrected chi connectivity index (χ2v) is 7.36. The highest BCUT2D eigenvalue weighted by Crippen LogP contribution is 2.43. The monoisotopic (exact) mass is 416 g/mol. The van der Waals surface area contributed by atoms with Crippen molar-refractivity contribution < 1.29 is 4.39 Å². The van der Waals surface area contributed by atoms with Crippen LogP contribution in [0.3, 0.4) is 0 Å². The molecule has 0 N–H and O–H groups in total. The number of thiophene rings is 1. The van der Waals surface area contributed by atoms with Crippen molar-refractivity contribution in [2.75, 3.05) is 0 Å². The normalized spacial score (nSPS) is 12.8. The van der Waals surface area contributed by atoms with Crippen LogP contribution in [0, 0.1) is 5.82 Å². The van der Waals surface area contributed by atoms with Crippen LogP contribution in [-0.2, 0) is 0 Å². The van der Waals surface area contributed by atoms with Gasteiger partial charge in [-0.05, 0) is 29.8 Å². The second kappa shape index (κ2) is 5.57. The fraction of sp³-hybridized carbons (Fsp3) is 0.0909. The average Bonchev–Trinajstić information content (AvgIpc) is 2.60. The van der Waals surface area contributed by atoms with E-state index in [0.717, 1.165) is 15.6 Å². The van der Waals surface area contributed by atoms with E-state index in [1.807, 2.05) is 0 Å². The first kappa shape index (κ1) is 13.8. The van der Waals surface area contributed by atoms with Crippen LogP contribution in [0.4, 0.5) is 4.39 Å². The van der Waals surface area contributed by atoms with Gasteiger partial charge >= 0.3 is 0 Å². The summed E-state index contributed by atoms with van der Waals surface area (Å²) in [7, 11) is 0. The Hall–Kier alpha value is 0.390. The predicted octanol–water partition coefficient (Wildman–Crippen LogP) is 6.44. The minimum absolute atomic E-state index is 0.191. The first-order valence-corrected chi connectivity index (χ1v) is 7.81. The molecule has 1 atom stereocenters. The lowest BCUT2D eigenvalue weighted by Gasteiger charge is -2.11. The summed E-state index contributed by atoms with van der Waals surface area (Å²) in [5.41, 5.74) is 1.62. The number of alkyl halides is 1. The molecule has 2 aromatic rings. The highest BCUT2D eigenvalue weighted by atomic mass is 79.9. The summed E-state index contributed by atoms with van der Waals surface area (Å²) in [6, 6.07) is 6.31. The maximum atomic E-state index is 13.2. The molecule has 1 heterocycles. The molecule has 17 heavy (non-hydrogen) atoms. The summed E-state index contributed by atoms with van der Waals surface area (Å²) in [5.74, 6) is -0.287. The lowest BCUT2D eigenvalue weighted by Crippen LogP contribution is -1.94. The van der Waals surface area contributed by atoms with Gasteiger partial charge in [-0.25, -0.2) is 4.39 Å². The summed E-state index contributed by atoms with van der Waals surface area (Å²) >= 11 is 20.2. The van der Waals surface area contributed by atoms with Crippen LogP contribution in [0.15, 0.2) is 28.7 Å². The van der Waals surface area contributed by atoms with Crippen LogP contribution in [0.1, 0.15) is 16.0 Å². The summed E-state index contributed by atoms with van der Waals surface area (Å²) in [5, 5.41) is 0. The molecule has 1 aromatic heterocycles. The standard InChI is InChI=1S/C11H5Br2Cl2FS/c12-8-2-1-5(16)3-6(8)10(13)7-4-9(14)17-11(7)15/h1-4,10H. The van der Waals surface area contributed by atoms with Crippen LogP contribution < -0.4 is 0 Å². The quantitative estimate of drug-likeness (QED) is 0.492. The van der Waals surface area contributed by atoms with Crippen molar-refractivity contribution in [3.8, 4) is 0 Å². The van der Waals surface area contributed by atoms with Crippen LogP contribution in [0.5, 0.6) is 0 Å². The molecule has 2 rings (SSSR count). The number of rotatable bonds is 2. The molecule has 0 aliphatic rings. The van der Waals surface area contributed by atoms with E-state index in [-0.39, 0.29) is 10.6 Å². The number of benzene rings is 1. The fourth-order valence-electron chi connectivity index (χ4n) is 1.40. The predicted molar refractivity (Wildman–Crippen MR) is 79.2 cm³/mol. The second-order valence-electron chi connectivity index (χ2n) is 3.31. The minimum Gasteiger partial charge on any atom is -0.207 e. The van der Waals surface area contributed by atoms with E-state index in [9.17, 15) is 4.39 Å². The van der Waals surface area contributed by atoms with Crippen molar-refractivity contribution in [1.82, 2.24) is 0 Å². The van der Waals surface area contributed by atoms with Crippen molar-refractivity contribution in [1.29, 1.82) is 0 Å². The molecule has 0 fully saturated rings. The summed E-state index contributed by atoms with van der Waals surface area (Å²) in [4.78, 5) is -0.191. The summed E-state index contributed by atoms with van der Waals surface area (Å²) in [6.07, 6.45) is 0. The van der Waals surface area contributed by atoms with Crippen molar-refractivity contribution in [3.05, 3.63) is 54.4 Å². The molecule has 0 amide bonds. The van der Waals surface area contributed by atoms with Crippen LogP contribution in [-0.4, -0.2) is 0 Å². The van der Waals surface area contributed by atoms with Gasteiger partial charge < -0.3 is 0 Å². The van der Waals surface area contributed by atoms with E-state index >= 15 is 0 Å². The van der Waals surface area contributed by atoms with Crippen molar-refractivity contribution in [2.45, 2.75) is 4.83 Å². The topological polar surface area (TPSA) is 0 Å². The average molecular weight is 419 g/mol. The molecule has 0 aliphatic heterocycles. The van der Waals surface area contributed by atoms with E-state index in [0.29, 0.717) is 8.67 Å². The first-order valence-electron chi connectivity index (χ1n) is 4.53. The Balaban J connectivity index is 2.46. The molecule has 0 bridgehead atoms. The van der Waals surface area contributed by atoms with Gasteiger partial charge in [0.05, 0.1) is 13.5 Å². The maximum Gasteiger partial charge on any atom is 0.123 e. The lowest BCUT2D eigenvalue weighted by molar-refractivity contribution is 0.625. The Morgan fingerprint density at radius 1 is 1.18 bits per heavy atom. The lowest BCUT2D eigenvalue weighted by atomic mass is 10.1. The zero-order chi connectivity index (χ0) is 12.6. The third kappa shape index (κ3) is 3.04. The summed E-state index contributed by atoms with van der Waals surface area (Å²) in [6.45, 7) is 0. The van der Waals surface area contributed by atoms with Crippen LogP contribution >= 0.6 is 66.4 Å². The highest BCUT2D eigenvalue weighted by molar-refractivity contribution is 9.11. The molecule has 0 radical (unpaired) electrons. The highest BCUT2D eigenvalue weighted by Gasteiger charge is 2.19. The number of halogens is 5. The van der Waals surface area contributed by atoms with E-state index in [2.05, 4.69) is 31.9 Å². The van der Waals surface area contributed by atoms with Gasteiger partial charge in [0.1, 0.15) is 5.82 Å². The van der Waals surface area contributed by atoms with Crippen molar-refractivity contribution in [3.63, 3.8) is 0 Å². The van der Waals surface area contributed by atoms with Gasteiger partial charge in [0.25, 0.3) is 0 Å². The van der Waals surface area contributed by atoms with E-state index in [1.54, 1.807) is 12.1 Å². The largest absolute Gasteiger partial charge is 0.207 e. The van der Waals surface area contributed by atoms with Crippen molar-refractivity contribution in [2.24, 2.45) is 0 Å². The molecule has 90 valence electrons. The molecule has 0 nitrogen and oxygen atoms in total. The van der Waals surface area contributed by atoms with Gasteiger partial charge in [-0.3, -0.25) is 0 Å². The Morgan fingerprint density at radius 3 is 2.47 bits per heavy atom. The van der Waals surface area contributed by atoms with Crippen molar-refractivity contribution >= 4 is 66.4 Å². The molecule has 0 saturated carbocycles. The van der Waals surface area contributed by atoms with Gasteiger partial charge in [-0.15, -0.1) is 11.3 Å². The first-order chi connectivity index (χ1) is 7.99.